The van der Waals surface area contributed by atoms with Crippen molar-refractivity contribution in [2.24, 2.45) is 5.92 Å². The maximum absolute atomic E-state index is 10.3. The van der Waals surface area contributed by atoms with Gasteiger partial charge < -0.3 is 15.2 Å². The predicted molar refractivity (Wildman–Crippen MR) is 84.3 cm³/mol. The Balaban J connectivity index is 2.81. The largest absolute Gasteiger partial charge is 0.490 e. The second kappa shape index (κ2) is 7.09. The molecular weight excluding hydrogens is 250 g/mol. The van der Waals surface area contributed by atoms with Crippen LogP contribution in [-0.2, 0) is 6.54 Å². The Morgan fingerprint density at radius 1 is 1.25 bits per heavy atom. The highest BCUT2D eigenvalue weighted by Crippen LogP contribution is 2.27. The van der Waals surface area contributed by atoms with E-state index < -0.39 is 5.60 Å². The standard InChI is InChI=1S/C17H29NO2/c1-7-18-10-15-8-13(4)16(14(5)9-15)20-11-17(6,19)12(2)3/h8-9,12,18-19H,7,10-11H2,1-6H3. The summed E-state index contributed by atoms with van der Waals surface area (Å²) in [7, 11) is 0. The predicted octanol–water partition coefficient (Wildman–Crippen LogP) is 3.20. The average Bonchev–Trinajstić information content (AvgIpc) is 2.35. The van der Waals surface area contributed by atoms with Crippen LogP contribution in [0.25, 0.3) is 0 Å². The lowest BCUT2D eigenvalue weighted by Gasteiger charge is -2.28. The minimum absolute atomic E-state index is 0.163. The van der Waals surface area contributed by atoms with Gasteiger partial charge in [-0.25, -0.2) is 0 Å². The molecule has 0 aliphatic heterocycles. The summed E-state index contributed by atoms with van der Waals surface area (Å²) < 4.78 is 5.88. The summed E-state index contributed by atoms with van der Waals surface area (Å²) in [5.41, 5.74) is 2.71. The molecule has 0 aliphatic carbocycles. The van der Waals surface area contributed by atoms with Crippen molar-refractivity contribution < 1.29 is 9.84 Å². The van der Waals surface area contributed by atoms with E-state index in [1.807, 2.05) is 20.8 Å². The normalized spacial score (nSPS) is 14.4. The molecule has 2 N–H and O–H groups in total. The molecule has 20 heavy (non-hydrogen) atoms. The van der Waals surface area contributed by atoms with E-state index in [0.717, 1.165) is 30.0 Å². The minimum atomic E-state index is -0.804. The first-order chi connectivity index (χ1) is 9.27. The molecule has 1 atom stereocenters. The molecule has 0 saturated carbocycles. The Hall–Kier alpha value is -1.06. The number of hydrogen-bond donors (Lipinski definition) is 2. The van der Waals surface area contributed by atoms with Crippen molar-refractivity contribution in [3.05, 3.63) is 28.8 Å². The molecule has 114 valence electrons. The zero-order valence-corrected chi connectivity index (χ0v) is 13.7. The number of rotatable bonds is 7. The van der Waals surface area contributed by atoms with Gasteiger partial charge in [0.25, 0.3) is 0 Å². The molecule has 0 aromatic heterocycles. The minimum Gasteiger partial charge on any atom is -0.490 e. The summed E-state index contributed by atoms with van der Waals surface area (Å²) in [5, 5.41) is 13.6. The molecule has 0 radical (unpaired) electrons. The van der Waals surface area contributed by atoms with E-state index in [0.29, 0.717) is 6.61 Å². The maximum atomic E-state index is 10.3. The molecule has 1 aromatic carbocycles. The highest BCUT2D eigenvalue weighted by Gasteiger charge is 2.26. The first-order valence-electron chi connectivity index (χ1n) is 7.44. The van der Waals surface area contributed by atoms with Crippen LogP contribution in [0, 0.1) is 19.8 Å². The summed E-state index contributed by atoms with van der Waals surface area (Å²) in [6, 6.07) is 4.30. The van der Waals surface area contributed by atoms with Gasteiger partial charge in [0.05, 0.1) is 5.60 Å². The molecule has 1 rings (SSSR count). The Morgan fingerprint density at radius 2 is 1.80 bits per heavy atom. The lowest BCUT2D eigenvalue weighted by atomic mass is 9.93. The highest BCUT2D eigenvalue weighted by molar-refractivity contribution is 5.43. The van der Waals surface area contributed by atoms with Gasteiger partial charge in [0, 0.05) is 6.54 Å². The molecule has 3 heteroatoms. The van der Waals surface area contributed by atoms with Gasteiger partial charge in [0.2, 0.25) is 0 Å². The zero-order chi connectivity index (χ0) is 15.3. The molecule has 0 saturated heterocycles. The molecule has 0 bridgehead atoms. The van der Waals surface area contributed by atoms with Gasteiger partial charge in [-0.2, -0.15) is 0 Å². The van der Waals surface area contributed by atoms with Crippen LogP contribution in [-0.4, -0.2) is 23.9 Å². The number of aryl methyl sites for hydroxylation is 2. The van der Waals surface area contributed by atoms with Crippen LogP contribution in [0.2, 0.25) is 0 Å². The third-order valence-corrected chi connectivity index (χ3v) is 3.85. The van der Waals surface area contributed by atoms with E-state index in [-0.39, 0.29) is 5.92 Å². The summed E-state index contributed by atoms with van der Waals surface area (Å²) in [5.74, 6) is 1.06. The lowest BCUT2D eigenvalue weighted by Crippen LogP contribution is -2.38. The fourth-order valence-electron chi connectivity index (χ4n) is 2.02. The Morgan fingerprint density at radius 3 is 2.25 bits per heavy atom. The highest BCUT2D eigenvalue weighted by atomic mass is 16.5. The van der Waals surface area contributed by atoms with Crippen LogP contribution in [0.4, 0.5) is 0 Å². The van der Waals surface area contributed by atoms with Crippen LogP contribution in [0.3, 0.4) is 0 Å². The fourth-order valence-corrected chi connectivity index (χ4v) is 2.02. The second-order valence-electron chi connectivity index (χ2n) is 6.14. The Labute approximate surface area is 123 Å². The van der Waals surface area contributed by atoms with E-state index in [2.05, 4.69) is 38.2 Å². The van der Waals surface area contributed by atoms with Gasteiger partial charge in [-0.05, 0) is 49.9 Å². The van der Waals surface area contributed by atoms with Crippen molar-refractivity contribution in [1.82, 2.24) is 5.32 Å². The van der Waals surface area contributed by atoms with Crippen molar-refractivity contribution in [1.29, 1.82) is 0 Å². The van der Waals surface area contributed by atoms with E-state index in [4.69, 9.17) is 4.74 Å². The molecule has 0 amide bonds. The van der Waals surface area contributed by atoms with Crippen LogP contribution < -0.4 is 10.1 Å². The molecule has 0 heterocycles. The van der Waals surface area contributed by atoms with Crippen LogP contribution in [0.5, 0.6) is 5.75 Å². The SMILES string of the molecule is CCNCc1cc(C)c(OCC(C)(O)C(C)C)c(C)c1. The smallest absolute Gasteiger partial charge is 0.125 e. The molecule has 0 aliphatic rings. The first kappa shape index (κ1) is 17.0. The van der Waals surface area contributed by atoms with Gasteiger partial charge in [-0.15, -0.1) is 0 Å². The summed E-state index contributed by atoms with van der Waals surface area (Å²) in [6.45, 7) is 14.2. The van der Waals surface area contributed by atoms with Crippen molar-refractivity contribution in [3.63, 3.8) is 0 Å². The quantitative estimate of drug-likeness (QED) is 0.805. The molecule has 3 nitrogen and oxygen atoms in total. The topological polar surface area (TPSA) is 41.5 Å². The van der Waals surface area contributed by atoms with Gasteiger partial charge >= 0.3 is 0 Å². The number of nitrogens with one attached hydrogen (secondary N) is 1. The van der Waals surface area contributed by atoms with E-state index in [1.54, 1.807) is 0 Å². The number of ether oxygens (including phenoxy) is 1. The first-order valence-corrected chi connectivity index (χ1v) is 7.44. The van der Waals surface area contributed by atoms with Crippen LogP contribution in [0.15, 0.2) is 12.1 Å². The van der Waals surface area contributed by atoms with Crippen molar-refractivity contribution in [2.75, 3.05) is 13.2 Å². The van der Waals surface area contributed by atoms with E-state index in [1.165, 1.54) is 5.56 Å². The third-order valence-electron chi connectivity index (χ3n) is 3.85. The number of hydrogen-bond acceptors (Lipinski definition) is 3. The zero-order valence-electron chi connectivity index (χ0n) is 13.7. The molecule has 1 aromatic rings. The molecule has 1 unspecified atom stereocenters. The maximum Gasteiger partial charge on any atom is 0.125 e. The van der Waals surface area contributed by atoms with Crippen molar-refractivity contribution >= 4 is 0 Å². The second-order valence-corrected chi connectivity index (χ2v) is 6.14. The van der Waals surface area contributed by atoms with E-state index in [9.17, 15) is 5.11 Å². The molecule has 0 spiro atoms. The Bertz CT molecular complexity index is 416. The Kier molecular flexibility index (Phi) is 6.03. The third kappa shape index (κ3) is 4.50. The van der Waals surface area contributed by atoms with Gasteiger partial charge in [-0.1, -0.05) is 32.9 Å². The van der Waals surface area contributed by atoms with Gasteiger partial charge in [-0.3, -0.25) is 0 Å². The van der Waals surface area contributed by atoms with Crippen LogP contribution >= 0.6 is 0 Å². The number of aliphatic hydroxyl groups is 1. The summed E-state index contributed by atoms with van der Waals surface area (Å²) in [6.07, 6.45) is 0. The van der Waals surface area contributed by atoms with E-state index >= 15 is 0 Å². The number of benzene rings is 1. The summed E-state index contributed by atoms with van der Waals surface area (Å²) in [4.78, 5) is 0. The van der Waals surface area contributed by atoms with Crippen molar-refractivity contribution in [2.45, 2.75) is 53.7 Å². The monoisotopic (exact) mass is 279 g/mol. The van der Waals surface area contributed by atoms with Gasteiger partial charge in [0.1, 0.15) is 12.4 Å². The molecular formula is C17H29NO2. The summed E-state index contributed by atoms with van der Waals surface area (Å²) >= 11 is 0. The van der Waals surface area contributed by atoms with Crippen molar-refractivity contribution in [3.8, 4) is 5.75 Å². The fraction of sp³-hybridized carbons (Fsp3) is 0.647. The lowest BCUT2D eigenvalue weighted by molar-refractivity contribution is -0.0269. The van der Waals surface area contributed by atoms with Crippen LogP contribution in [0.1, 0.15) is 44.4 Å². The molecule has 0 fully saturated rings. The average molecular weight is 279 g/mol. The van der Waals surface area contributed by atoms with Gasteiger partial charge in [0.15, 0.2) is 0 Å².